The van der Waals surface area contributed by atoms with Gasteiger partial charge in [0.15, 0.2) is 0 Å². The van der Waals surface area contributed by atoms with Crippen LogP contribution in [0.5, 0.6) is 5.75 Å². The van der Waals surface area contributed by atoms with Crippen LogP contribution in [-0.4, -0.2) is 52.0 Å². The van der Waals surface area contributed by atoms with Crippen molar-refractivity contribution >= 4 is 28.0 Å². The van der Waals surface area contributed by atoms with Gasteiger partial charge in [-0.2, -0.15) is 0 Å². The Balaban J connectivity index is 1.44. The number of carboxylic acid groups (broad SMARTS) is 1. The second-order valence-corrected chi connectivity index (χ2v) is 11.4. The predicted molar refractivity (Wildman–Crippen MR) is 137 cm³/mol. The van der Waals surface area contributed by atoms with E-state index in [1.54, 1.807) is 0 Å². The van der Waals surface area contributed by atoms with Crippen LogP contribution in [-0.2, 0) is 24.0 Å². The van der Waals surface area contributed by atoms with Crippen molar-refractivity contribution in [1.29, 1.82) is 0 Å². The zero-order chi connectivity index (χ0) is 26.0. The molecule has 190 valence electrons. The van der Waals surface area contributed by atoms with Gasteiger partial charge in [0.1, 0.15) is 0 Å². The number of fused-ring (bicyclic) bond motifs is 2. The van der Waals surface area contributed by atoms with Gasteiger partial charge < -0.3 is 9.68 Å². The molecule has 0 spiro atoms. The van der Waals surface area contributed by atoms with Crippen LogP contribution in [0.2, 0.25) is 0 Å². The van der Waals surface area contributed by atoms with Crippen molar-refractivity contribution in [2.45, 2.75) is 52.1 Å². The van der Waals surface area contributed by atoms with E-state index in [2.05, 4.69) is 6.08 Å². The molecule has 0 aliphatic carbocycles. The summed E-state index contributed by atoms with van der Waals surface area (Å²) in [7, 11) is 0.954. The minimum Gasteiger partial charge on any atom is -0.0583 e. The molecule has 0 bridgehead atoms. The predicted octanol–water partition coefficient (Wildman–Crippen LogP) is 2.41. The van der Waals surface area contributed by atoms with Gasteiger partial charge in [0.25, 0.3) is 0 Å². The maximum absolute atomic E-state index is 13.0. The number of allylic oxidation sites excluding steroid dienone is 1. The van der Waals surface area contributed by atoms with E-state index in [1.165, 1.54) is 6.20 Å². The summed E-state index contributed by atoms with van der Waals surface area (Å²) in [6.07, 6.45) is 7.66. The van der Waals surface area contributed by atoms with Gasteiger partial charge in [-0.15, -0.1) is 0 Å². The monoisotopic (exact) mass is 662 g/mol. The molecule has 8 nitrogen and oxygen atoms in total. The van der Waals surface area contributed by atoms with E-state index in [4.69, 9.17) is 9.39 Å². The Bertz CT molecular complexity index is 1270. The van der Waals surface area contributed by atoms with E-state index >= 15 is 0 Å². The first kappa shape index (κ1) is 26.6. The molecule has 10 heteroatoms. The quantitative estimate of drug-likeness (QED) is 0.315. The molecule has 0 amide bonds. The molecule has 2 aromatic rings. The van der Waals surface area contributed by atoms with Gasteiger partial charge in [0.2, 0.25) is 0 Å². The third-order valence-electron chi connectivity index (χ3n) is 6.75. The minimum absolute atomic E-state index is 0.0998. The Morgan fingerprint density at radius 2 is 2.14 bits per heavy atom. The number of carboxylic acids is 1. The van der Waals surface area contributed by atoms with Crippen LogP contribution in [0.1, 0.15) is 79.2 Å². The number of rotatable bonds is 9. The average Bonchev–Trinajstić information content (AvgIpc) is 3.18. The average molecular weight is 662 g/mol. The van der Waals surface area contributed by atoms with Gasteiger partial charge in [-0.3, -0.25) is 0 Å². The summed E-state index contributed by atoms with van der Waals surface area (Å²) >= 11 is 1.14. The molecule has 3 heterocycles. The van der Waals surface area contributed by atoms with E-state index in [0.29, 0.717) is 17.9 Å². The minimum atomic E-state index is -1.20. The fourth-order valence-corrected chi connectivity index (χ4v) is 5.60. The summed E-state index contributed by atoms with van der Waals surface area (Å²) in [6.45, 7) is 5.18. The van der Waals surface area contributed by atoms with Crippen LogP contribution in [0.25, 0.3) is 5.57 Å². The second kappa shape index (κ2) is 11.3. The molecule has 2 aliphatic rings. The molecule has 1 atom stereocenters. The van der Waals surface area contributed by atoms with Gasteiger partial charge in [0.05, 0.1) is 6.10 Å². The molecule has 2 aliphatic heterocycles. The topological polar surface area (TPSA) is 101 Å². The zero-order valence-corrected chi connectivity index (χ0v) is 23.8. The van der Waals surface area contributed by atoms with Crippen LogP contribution in [0.15, 0.2) is 35.3 Å². The normalized spacial score (nSPS) is 17.8. The van der Waals surface area contributed by atoms with Gasteiger partial charge in [0, 0.05) is 0 Å². The fraction of sp³-hybridized carbons (Fsp3) is 0.423. The van der Waals surface area contributed by atoms with Crippen molar-refractivity contribution in [2.75, 3.05) is 25.2 Å². The van der Waals surface area contributed by atoms with E-state index in [9.17, 15) is 19.7 Å². The standard InChI is InChI=1S/C26H31BN2O6.W/c1-4-18-24-17(13-14-28(3)29(24)16-20(25(18)30)26(31)32)10-7-6-8-15-34-22-12-9-11-19-21(5-2)35-27(33)23(19)22;/h9-12,16,21,33H,5-8,13-15H2,1-3H3,(H,31,32);. The molecular formula is C26H31BN2O6W. The summed E-state index contributed by atoms with van der Waals surface area (Å²) in [5.41, 5.74) is 3.51. The van der Waals surface area contributed by atoms with E-state index in [-0.39, 0.29) is 11.7 Å². The van der Waals surface area contributed by atoms with Crippen LogP contribution < -0.4 is 20.6 Å². The van der Waals surface area contributed by atoms with Crippen molar-refractivity contribution in [2.24, 2.45) is 0 Å². The molecule has 0 radical (unpaired) electrons. The molecule has 2 N–H and O–H groups in total. The maximum atomic E-state index is 13.0. The summed E-state index contributed by atoms with van der Waals surface area (Å²) in [6, 6.07) is 5.79. The van der Waals surface area contributed by atoms with Crippen LogP contribution in [0, 0.1) is 0 Å². The van der Waals surface area contributed by atoms with E-state index < -0.39 is 18.5 Å². The Morgan fingerprint density at radius 3 is 2.83 bits per heavy atom. The van der Waals surface area contributed by atoms with Crippen molar-refractivity contribution in [3.63, 3.8) is 0 Å². The van der Waals surface area contributed by atoms with Crippen LogP contribution in [0.3, 0.4) is 0 Å². The van der Waals surface area contributed by atoms with E-state index in [0.717, 1.165) is 84.2 Å². The molecule has 4 rings (SSSR count). The van der Waals surface area contributed by atoms with Gasteiger partial charge in [-0.05, 0) is 12.0 Å². The number of hydrogen-bond donors (Lipinski definition) is 2. The Kier molecular flexibility index (Phi) is 8.33. The first-order valence-corrected chi connectivity index (χ1v) is 13.7. The number of carbonyl (C=O) groups is 1. The fourth-order valence-electron chi connectivity index (χ4n) is 4.92. The van der Waals surface area contributed by atoms with Gasteiger partial charge in [-0.1, -0.05) is 19.1 Å². The Morgan fingerprint density at radius 1 is 1.36 bits per heavy atom. The number of ether oxygens (including phenoxy) is 1. The molecule has 1 unspecified atom stereocenters. The number of nitrogens with zero attached hydrogens (tertiary/aromatic N) is 2. The molecule has 0 fully saturated rings. The summed E-state index contributed by atoms with van der Waals surface area (Å²) in [4.78, 5) is 24.7. The SMILES string of the molecule is CCC1OB(O)c2c(OCCCCC=C3CCN(C)n4cc(C(=O)O)c(=O)c([C](C)=[W])c43)cccc21. The summed E-state index contributed by atoms with van der Waals surface area (Å²) in [5.74, 6) is -0.529. The Labute approximate surface area is 222 Å². The second-order valence-electron chi connectivity index (χ2n) is 9.15. The number of benzene rings is 1. The third-order valence-corrected chi connectivity index (χ3v) is 7.49. The molecular weight excluding hydrogens is 631 g/mol. The molecule has 1 aromatic heterocycles. The zero-order valence-electron chi connectivity index (χ0n) is 20.8. The van der Waals surface area contributed by atoms with Crippen molar-refractivity contribution in [3.8, 4) is 5.75 Å². The third kappa shape index (κ3) is 5.15. The number of pyridine rings is 1. The van der Waals surface area contributed by atoms with Crippen molar-refractivity contribution in [1.82, 2.24) is 4.68 Å². The van der Waals surface area contributed by atoms with Crippen molar-refractivity contribution in [3.05, 3.63) is 63.1 Å². The molecule has 36 heavy (non-hydrogen) atoms. The molecule has 0 saturated heterocycles. The first-order chi connectivity index (χ1) is 17.2. The molecule has 0 saturated carbocycles. The number of unbranched alkanes of at least 4 members (excludes halogenated alkanes) is 2. The number of hydrogen-bond acceptors (Lipinski definition) is 6. The van der Waals surface area contributed by atoms with Crippen LogP contribution in [0.4, 0.5) is 0 Å². The van der Waals surface area contributed by atoms with Gasteiger partial charge >= 0.3 is 176 Å². The smallest absolute Gasteiger partial charge is 0.0583 e. The number of aromatic carboxylic acids is 1. The summed E-state index contributed by atoms with van der Waals surface area (Å²) < 4.78 is 14.3. The Hall–Kier alpha value is -2.48. The molecule has 1 aromatic carbocycles. The van der Waals surface area contributed by atoms with Crippen LogP contribution >= 0.6 is 0 Å². The first-order valence-electron chi connectivity index (χ1n) is 12.3. The van der Waals surface area contributed by atoms with E-state index in [1.807, 2.05) is 48.8 Å². The summed E-state index contributed by atoms with van der Waals surface area (Å²) in [5, 5.41) is 21.8. The van der Waals surface area contributed by atoms with Crippen molar-refractivity contribution < 1.29 is 43.7 Å². The van der Waals surface area contributed by atoms with Gasteiger partial charge in [-0.25, -0.2) is 0 Å². The number of aromatic nitrogens is 1.